The minimum Gasteiger partial charge on any atom is -0.306 e. The Balaban J connectivity index is 1.75. The fraction of sp³-hybridized carbons (Fsp3) is 0.214. The second-order valence-electron chi connectivity index (χ2n) is 4.49. The molecule has 3 N–H and O–H groups in total. The van der Waals surface area contributed by atoms with Gasteiger partial charge in [0.2, 0.25) is 0 Å². The van der Waals surface area contributed by atoms with Gasteiger partial charge in [0, 0.05) is 12.5 Å². The van der Waals surface area contributed by atoms with Crippen LogP contribution in [0.3, 0.4) is 0 Å². The number of hydrogen-bond acceptors (Lipinski definition) is 1. The molecule has 3 rings (SSSR count). The van der Waals surface area contributed by atoms with Crippen LogP contribution in [0.5, 0.6) is 0 Å². The van der Waals surface area contributed by atoms with Gasteiger partial charge in [-0.05, 0) is 12.2 Å². The van der Waals surface area contributed by atoms with Gasteiger partial charge in [0.25, 0.3) is 0 Å². The molecule has 2 nitrogen and oxygen atoms in total. The first kappa shape index (κ1) is 9.61. The maximum atomic E-state index is 3.59. The molecule has 1 heterocycles. The van der Waals surface area contributed by atoms with Gasteiger partial charge in [-0.3, -0.25) is 0 Å². The fourth-order valence-electron chi connectivity index (χ4n) is 2.31. The van der Waals surface area contributed by atoms with E-state index in [9.17, 15) is 0 Å². The van der Waals surface area contributed by atoms with Gasteiger partial charge in [-0.25, -0.2) is 5.32 Å². The van der Waals surface area contributed by atoms with Crippen LogP contribution in [-0.2, 0) is 0 Å². The lowest BCUT2D eigenvalue weighted by Gasteiger charge is -2.43. The molecular weight excluding hydrogens is 196 g/mol. The minimum absolute atomic E-state index is 0.00991. The lowest BCUT2D eigenvalue weighted by molar-refractivity contribution is -0.827. The Morgan fingerprint density at radius 2 is 2.06 bits per heavy atom. The zero-order chi connectivity index (χ0) is 11.0. The molecule has 0 radical (unpaired) electrons. The van der Waals surface area contributed by atoms with Crippen LogP contribution >= 0.6 is 0 Å². The van der Waals surface area contributed by atoms with Crippen molar-refractivity contribution in [3.63, 3.8) is 0 Å². The van der Waals surface area contributed by atoms with Gasteiger partial charge in [-0.2, -0.15) is 0 Å². The van der Waals surface area contributed by atoms with Crippen molar-refractivity contribution < 1.29 is 5.32 Å². The third kappa shape index (κ3) is 1.44. The molecule has 2 heteroatoms. The molecule has 2 aliphatic rings. The van der Waals surface area contributed by atoms with Crippen LogP contribution in [0.15, 0.2) is 59.9 Å². The van der Waals surface area contributed by atoms with E-state index in [1.165, 1.54) is 11.1 Å². The maximum absolute atomic E-state index is 3.59. The second-order valence-corrected chi connectivity index (χ2v) is 4.49. The summed E-state index contributed by atoms with van der Waals surface area (Å²) in [5.41, 5.74) is 5.80. The summed E-state index contributed by atoms with van der Waals surface area (Å²) in [4.78, 5) is 0. The fourth-order valence-corrected chi connectivity index (χ4v) is 2.31. The Morgan fingerprint density at radius 3 is 2.69 bits per heavy atom. The van der Waals surface area contributed by atoms with Crippen molar-refractivity contribution in [2.45, 2.75) is 18.8 Å². The smallest absolute Gasteiger partial charge is 0.186 e. The first-order chi connectivity index (χ1) is 7.78. The lowest BCUT2D eigenvalue weighted by atomic mass is 9.94. The number of allylic oxidation sites excluding steroid dienone is 1. The molecule has 16 heavy (non-hydrogen) atoms. The third-order valence-corrected chi connectivity index (χ3v) is 3.27. The number of rotatable bonds is 2. The first-order valence-corrected chi connectivity index (χ1v) is 5.60. The average molecular weight is 211 g/mol. The van der Waals surface area contributed by atoms with E-state index < -0.39 is 0 Å². The maximum Gasteiger partial charge on any atom is 0.186 e. The van der Waals surface area contributed by atoms with Gasteiger partial charge in [0.15, 0.2) is 11.8 Å². The van der Waals surface area contributed by atoms with Crippen molar-refractivity contribution in [3.8, 4) is 0 Å². The van der Waals surface area contributed by atoms with E-state index >= 15 is 0 Å². The Labute approximate surface area is 95.4 Å². The predicted octanol–water partition coefficient (Wildman–Crippen LogP) is 1.22. The van der Waals surface area contributed by atoms with Gasteiger partial charge in [-0.1, -0.05) is 36.4 Å². The Kier molecular flexibility index (Phi) is 2.08. The van der Waals surface area contributed by atoms with E-state index in [4.69, 9.17) is 0 Å². The van der Waals surface area contributed by atoms with Crippen molar-refractivity contribution in [2.24, 2.45) is 0 Å². The van der Waals surface area contributed by atoms with E-state index in [0.29, 0.717) is 6.17 Å². The molecule has 0 saturated carbocycles. The topological polar surface area (TPSA) is 28.6 Å². The monoisotopic (exact) mass is 211 g/mol. The Hall–Kier alpha value is -1.60. The third-order valence-electron chi connectivity index (χ3n) is 3.27. The van der Waals surface area contributed by atoms with E-state index in [1.807, 2.05) is 18.2 Å². The second kappa shape index (κ2) is 3.46. The van der Waals surface area contributed by atoms with Crippen LogP contribution in [0.1, 0.15) is 18.7 Å². The van der Waals surface area contributed by atoms with Crippen molar-refractivity contribution in [2.75, 3.05) is 0 Å². The Morgan fingerprint density at radius 1 is 1.31 bits per heavy atom. The standard InChI is InChI=1S/C14H14N2/c1-14(12-9-5-6-10-12)15-13(16-14)11-7-3-2-4-8-11/h2-9,13,15-16H,1H3/p+1. The SMILES string of the molecule is CC1(C2=C=CC=C2)NC(c2ccccc2)[NH2+]1. The summed E-state index contributed by atoms with van der Waals surface area (Å²) in [6.45, 7) is 2.19. The molecule has 0 spiro atoms. The quantitative estimate of drug-likeness (QED) is 0.707. The summed E-state index contributed by atoms with van der Waals surface area (Å²) >= 11 is 0. The van der Waals surface area contributed by atoms with Gasteiger partial charge >= 0.3 is 0 Å². The number of hydrogen-bond donors (Lipinski definition) is 2. The van der Waals surface area contributed by atoms with Gasteiger partial charge in [0.1, 0.15) is 0 Å². The van der Waals surface area contributed by atoms with E-state index in [0.717, 1.165) is 0 Å². The number of benzene rings is 1. The molecule has 0 aromatic heterocycles. The van der Waals surface area contributed by atoms with Crippen LogP contribution in [0.4, 0.5) is 0 Å². The molecule has 1 saturated heterocycles. The van der Waals surface area contributed by atoms with E-state index in [1.54, 1.807) is 0 Å². The molecule has 2 unspecified atom stereocenters. The van der Waals surface area contributed by atoms with Gasteiger partial charge in [0.05, 0.1) is 5.57 Å². The molecule has 1 aliphatic heterocycles. The zero-order valence-electron chi connectivity index (χ0n) is 9.27. The summed E-state index contributed by atoms with van der Waals surface area (Å²) in [7, 11) is 0. The first-order valence-electron chi connectivity index (χ1n) is 5.60. The highest BCUT2D eigenvalue weighted by Crippen LogP contribution is 2.23. The average Bonchev–Trinajstić information content (AvgIpc) is 2.80. The van der Waals surface area contributed by atoms with E-state index in [-0.39, 0.29) is 5.66 Å². The van der Waals surface area contributed by atoms with Crippen LogP contribution in [-0.4, -0.2) is 5.66 Å². The Bertz CT molecular complexity index is 487. The van der Waals surface area contributed by atoms with E-state index in [2.05, 4.69) is 53.6 Å². The van der Waals surface area contributed by atoms with Gasteiger partial charge < -0.3 is 5.32 Å². The molecule has 1 aromatic rings. The molecule has 0 bridgehead atoms. The van der Waals surface area contributed by atoms with Crippen molar-refractivity contribution in [1.29, 1.82) is 0 Å². The van der Waals surface area contributed by atoms with Crippen molar-refractivity contribution in [1.82, 2.24) is 5.32 Å². The van der Waals surface area contributed by atoms with Crippen molar-refractivity contribution >= 4 is 0 Å². The predicted molar refractivity (Wildman–Crippen MR) is 63.4 cm³/mol. The molecule has 1 fully saturated rings. The van der Waals surface area contributed by atoms with Crippen molar-refractivity contribution in [3.05, 3.63) is 65.4 Å². The summed E-state index contributed by atoms with van der Waals surface area (Å²) < 4.78 is 0. The largest absolute Gasteiger partial charge is 0.306 e. The molecule has 2 atom stereocenters. The highest BCUT2D eigenvalue weighted by molar-refractivity contribution is 5.36. The van der Waals surface area contributed by atoms with Crippen LogP contribution in [0.2, 0.25) is 0 Å². The molecule has 80 valence electrons. The zero-order valence-corrected chi connectivity index (χ0v) is 9.27. The van der Waals surface area contributed by atoms with Crippen LogP contribution < -0.4 is 10.6 Å². The van der Waals surface area contributed by atoms with Gasteiger partial charge in [-0.15, -0.1) is 5.73 Å². The lowest BCUT2D eigenvalue weighted by Crippen LogP contribution is -3.12. The normalized spacial score (nSPS) is 31.3. The molecule has 0 amide bonds. The number of nitrogens with one attached hydrogen (secondary N) is 1. The molecule has 1 aromatic carbocycles. The minimum atomic E-state index is -0.00991. The molecular formula is C14H15N2+. The summed E-state index contributed by atoms with van der Waals surface area (Å²) in [5, 5.41) is 5.93. The highest BCUT2D eigenvalue weighted by Gasteiger charge is 2.47. The summed E-state index contributed by atoms with van der Waals surface area (Å²) in [5.74, 6) is 0. The summed E-state index contributed by atoms with van der Waals surface area (Å²) in [6, 6.07) is 10.5. The van der Waals surface area contributed by atoms with Crippen LogP contribution in [0, 0.1) is 0 Å². The molecule has 1 aliphatic carbocycles. The summed E-state index contributed by atoms with van der Waals surface area (Å²) in [6.07, 6.45) is 6.48. The van der Waals surface area contributed by atoms with Crippen LogP contribution in [0.25, 0.3) is 0 Å². The number of quaternary nitrogens is 1. The number of nitrogens with two attached hydrogens (primary N) is 1. The highest BCUT2D eigenvalue weighted by atomic mass is 15.4.